The molecule has 2 heterocycles. The first-order chi connectivity index (χ1) is 14.1. The molecule has 1 aromatic heterocycles. The van der Waals surface area contributed by atoms with E-state index in [1.165, 1.54) is 0 Å². The molecule has 1 atom stereocenters. The summed E-state index contributed by atoms with van der Waals surface area (Å²) in [5.41, 5.74) is 3.12. The van der Waals surface area contributed by atoms with Crippen LogP contribution in [0.25, 0.3) is 6.08 Å². The van der Waals surface area contributed by atoms with Crippen LogP contribution in [0.1, 0.15) is 23.4 Å². The van der Waals surface area contributed by atoms with Crippen molar-refractivity contribution in [2.24, 2.45) is 0 Å². The highest BCUT2D eigenvalue weighted by Gasteiger charge is 2.26. The van der Waals surface area contributed by atoms with Gasteiger partial charge in [0.15, 0.2) is 11.5 Å². The van der Waals surface area contributed by atoms with E-state index in [0.29, 0.717) is 11.8 Å². The third kappa shape index (κ3) is 6.03. The van der Waals surface area contributed by atoms with Gasteiger partial charge in [0.1, 0.15) is 0 Å². The molecule has 2 aromatic rings. The molecule has 1 saturated heterocycles. The maximum atomic E-state index is 9.70. The minimum Gasteiger partial charge on any atom is -0.504 e. The predicted molar refractivity (Wildman–Crippen MR) is 115 cm³/mol. The number of aryl methyl sites for hydroxylation is 1. The first kappa shape index (κ1) is 21.3. The van der Waals surface area contributed by atoms with Gasteiger partial charge in [0.2, 0.25) is 0 Å². The zero-order chi connectivity index (χ0) is 20.6. The Morgan fingerprint density at radius 2 is 2.10 bits per heavy atom. The van der Waals surface area contributed by atoms with E-state index >= 15 is 0 Å². The molecule has 1 unspecified atom stereocenters. The molecule has 1 fully saturated rings. The van der Waals surface area contributed by atoms with Crippen LogP contribution in [0.15, 0.2) is 42.5 Å². The zero-order valence-corrected chi connectivity index (χ0v) is 17.3. The van der Waals surface area contributed by atoms with E-state index in [1.807, 2.05) is 31.2 Å². The number of aromatic hydroxyl groups is 1. The highest BCUT2D eigenvalue weighted by molar-refractivity contribution is 5.55. The maximum absolute atomic E-state index is 9.70. The van der Waals surface area contributed by atoms with Gasteiger partial charge in [-0.05, 0) is 43.2 Å². The van der Waals surface area contributed by atoms with Crippen molar-refractivity contribution in [3.8, 4) is 11.5 Å². The summed E-state index contributed by atoms with van der Waals surface area (Å²) >= 11 is 0. The van der Waals surface area contributed by atoms with Crippen LogP contribution in [-0.2, 0) is 6.54 Å². The number of phenolic OH excluding ortho intramolecular Hbond substituents is 1. The molecule has 6 nitrogen and oxygen atoms in total. The minimum atomic E-state index is 0.149. The van der Waals surface area contributed by atoms with Gasteiger partial charge in [-0.25, -0.2) is 0 Å². The van der Waals surface area contributed by atoms with E-state index in [0.717, 1.165) is 56.1 Å². The second-order valence-electron chi connectivity index (χ2n) is 7.50. The number of ether oxygens (including phenoxy) is 1. The van der Waals surface area contributed by atoms with Gasteiger partial charge >= 0.3 is 0 Å². The third-order valence-corrected chi connectivity index (χ3v) is 5.34. The molecule has 1 aliphatic rings. The topological polar surface area (TPSA) is 69.1 Å². The normalized spacial score (nSPS) is 18.4. The fourth-order valence-corrected chi connectivity index (χ4v) is 3.79. The first-order valence-corrected chi connectivity index (χ1v) is 10.1. The Kier molecular flexibility index (Phi) is 7.63. The number of piperazine rings is 1. The number of rotatable bonds is 8. The van der Waals surface area contributed by atoms with E-state index in [1.54, 1.807) is 13.2 Å². The van der Waals surface area contributed by atoms with Gasteiger partial charge in [0, 0.05) is 51.1 Å². The predicted octanol–water partition coefficient (Wildman–Crippen LogP) is 2.69. The maximum Gasteiger partial charge on any atom is 0.161 e. The van der Waals surface area contributed by atoms with Crippen LogP contribution < -0.4 is 4.74 Å². The van der Waals surface area contributed by atoms with Crippen molar-refractivity contribution >= 4 is 6.08 Å². The quantitative estimate of drug-likeness (QED) is 0.714. The van der Waals surface area contributed by atoms with Crippen LogP contribution in [0.2, 0.25) is 0 Å². The Balaban J connectivity index is 1.57. The Morgan fingerprint density at radius 1 is 1.24 bits per heavy atom. The molecule has 29 heavy (non-hydrogen) atoms. The monoisotopic (exact) mass is 397 g/mol. The van der Waals surface area contributed by atoms with Gasteiger partial charge in [-0.15, -0.1) is 0 Å². The standard InChI is InChI=1S/C23H31N3O3/c1-18-5-3-7-20(24-18)16-26-13-12-25(17-21(26)10-14-27)11-4-6-19-8-9-22(28)23(15-19)29-2/h3-9,15,21,27-28H,10-14,16-17H2,1-2H3/b6-4+. The molecule has 6 heteroatoms. The lowest BCUT2D eigenvalue weighted by Crippen LogP contribution is -2.52. The van der Waals surface area contributed by atoms with E-state index in [2.05, 4.69) is 33.0 Å². The van der Waals surface area contributed by atoms with Gasteiger partial charge in [0.25, 0.3) is 0 Å². The molecule has 0 radical (unpaired) electrons. The Labute approximate surface area is 173 Å². The number of nitrogens with zero attached hydrogens (tertiary/aromatic N) is 3. The van der Waals surface area contributed by atoms with Crippen molar-refractivity contribution in [3.63, 3.8) is 0 Å². The van der Waals surface area contributed by atoms with E-state index in [-0.39, 0.29) is 12.4 Å². The van der Waals surface area contributed by atoms with Crippen LogP contribution >= 0.6 is 0 Å². The minimum absolute atomic E-state index is 0.149. The van der Waals surface area contributed by atoms with Crippen molar-refractivity contribution in [2.45, 2.75) is 25.9 Å². The number of benzene rings is 1. The summed E-state index contributed by atoms with van der Waals surface area (Å²) in [6, 6.07) is 11.8. The number of aromatic nitrogens is 1. The highest BCUT2D eigenvalue weighted by Crippen LogP contribution is 2.26. The summed E-state index contributed by atoms with van der Waals surface area (Å²) in [6.07, 6.45) is 4.95. The fourth-order valence-electron chi connectivity index (χ4n) is 3.79. The van der Waals surface area contributed by atoms with Gasteiger partial charge in [-0.2, -0.15) is 0 Å². The summed E-state index contributed by atoms with van der Waals surface area (Å²) in [4.78, 5) is 9.47. The van der Waals surface area contributed by atoms with Crippen LogP contribution in [0, 0.1) is 6.92 Å². The summed E-state index contributed by atoms with van der Waals surface area (Å²) in [6.45, 7) is 6.75. The highest BCUT2D eigenvalue weighted by atomic mass is 16.5. The van der Waals surface area contributed by atoms with Crippen LogP contribution in [0.5, 0.6) is 11.5 Å². The summed E-state index contributed by atoms with van der Waals surface area (Å²) in [5.74, 6) is 0.629. The number of phenols is 1. The first-order valence-electron chi connectivity index (χ1n) is 10.1. The molecule has 0 bridgehead atoms. The van der Waals surface area contributed by atoms with Crippen molar-refractivity contribution in [1.82, 2.24) is 14.8 Å². The van der Waals surface area contributed by atoms with Crippen molar-refractivity contribution in [1.29, 1.82) is 0 Å². The molecule has 1 aliphatic heterocycles. The van der Waals surface area contributed by atoms with E-state index in [9.17, 15) is 10.2 Å². The van der Waals surface area contributed by atoms with Gasteiger partial charge in [-0.1, -0.05) is 24.3 Å². The molecule has 1 aromatic carbocycles. The largest absolute Gasteiger partial charge is 0.504 e. The van der Waals surface area contributed by atoms with Gasteiger partial charge in [0.05, 0.1) is 12.8 Å². The molecule has 0 amide bonds. The number of hydrogen-bond donors (Lipinski definition) is 2. The number of aliphatic hydroxyl groups excluding tert-OH is 1. The smallest absolute Gasteiger partial charge is 0.161 e. The number of methoxy groups -OCH3 is 1. The lowest BCUT2D eigenvalue weighted by atomic mass is 10.1. The fraction of sp³-hybridized carbons (Fsp3) is 0.435. The summed E-state index contributed by atoms with van der Waals surface area (Å²) in [5, 5.41) is 19.2. The Bertz CT molecular complexity index is 825. The number of hydrogen-bond acceptors (Lipinski definition) is 6. The lowest BCUT2D eigenvalue weighted by molar-refractivity contribution is 0.0587. The average Bonchev–Trinajstić information content (AvgIpc) is 2.71. The molecule has 0 aliphatic carbocycles. The molecular formula is C23H31N3O3. The van der Waals surface area contributed by atoms with Crippen molar-refractivity contribution in [3.05, 3.63) is 59.4 Å². The molecule has 3 rings (SSSR count). The lowest BCUT2D eigenvalue weighted by Gasteiger charge is -2.41. The number of pyridine rings is 1. The third-order valence-electron chi connectivity index (χ3n) is 5.34. The summed E-state index contributed by atoms with van der Waals surface area (Å²) in [7, 11) is 1.55. The SMILES string of the molecule is COc1cc(/C=C/CN2CCN(Cc3cccc(C)n3)C(CCO)C2)ccc1O. The molecule has 0 saturated carbocycles. The molecular weight excluding hydrogens is 366 g/mol. The van der Waals surface area contributed by atoms with Crippen LogP contribution in [0.3, 0.4) is 0 Å². The second-order valence-corrected chi connectivity index (χ2v) is 7.50. The number of aliphatic hydroxyl groups is 1. The van der Waals surface area contributed by atoms with Crippen LogP contribution in [-0.4, -0.2) is 70.9 Å². The van der Waals surface area contributed by atoms with Gasteiger partial charge in [-0.3, -0.25) is 14.8 Å². The Hall–Kier alpha value is -2.41. The van der Waals surface area contributed by atoms with E-state index in [4.69, 9.17) is 4.74 Å². The average molecular weight is 398 g/mol. The van der Waals surface area contributed by atoms with Crippen molar-refractivity contribution < 1.29 is 14.9 Å². The van der Waals surface area contributed by atoms with Crippen molar-refractivity contribution in [2.75, 3.05) is 39.9 Å². The molecule has 2 N–H and O–H groups in total. The van der Waals surface area contributed by atoms with Crippen LogP contribution in [0.4, 0.5) is 0 Å². The second kappa shape index (κ2) is 10.4. The molecule has 0 spiro atoms. The Morgan fingerprint density at radius 3 is 2.86 bits per heavy atom. The summed E-state index contributed by atoms with van der Waals surface area (Å²) < 4.78 is 5.16. The molecule has 156 valence electrons. The van der Waals surface area contributed by atoms with E-state index < -0.39 is 0 Å². The zero-order valence-electron chi connectivity index (χ0n) is 17.3. The van der Waals surface area contributed by atoms with Gasteiger partial charge < -0.3 is 14.9 Å².